The summed E-state index contributed by atoms with van der Waals surface area (Å²) in [7, 11) is 0. The Labute approximate surface area is 323 Å². The number of para-hydroxylation sites is 2. The zero-order valence-corrected chi connectivity index (χ0v) is 30.0. The molecule has 0 amide bonds. The first kappa shape index (κ1) is 31.9. The van der Waals surface area contributed by atoms with E-state index < -0.39 is 5.41 Å². The maximum atomic E-state index is 6.65. The zero-order valence-electron chi connectivity index (χ0n) is 30.0. The summed E-state index contributed by atoms with van der Waals surface area (Å²) in [5, 5.41) is 9.39. The summed E-state index contributed by atoms with van der Waals surface area (Å²) in [5.41, 5.74) is 12.5. The van der Waals surface area contributed by atoms with Crippen molar-refractivity contribution in [2.75, 3.05) is 0 Å². The molecule has 0 bridgehead atoms. The maximum absolute atomic E-state index is 6.65. The molecule has 0 N–H and O–H groups in total. The molecular formula is C50H31N5O. The van der Waals surface area contributed by atoms with E-state index in [2.05, 4.69) is 96.1 Å². The first-order valence-electron chi connectivity index (χ1n) is 18.7. The van der Waals surface area contributed by atoms with Gasteiger partial charge in [-0.1, -0.05) is 152 Å². The number of benzene rings is 7. The van der Waals surface area contributed by atoms with Gasteiger partial charge in [0.25, 0.3) is 0 Å². The van der Waals surface area contributed by atoms with Crippen molar-refractivity contribution in [3.63, 3.8) is 0 Å². The standard InChI is InChI=1S/C50H31N5O/c1-4-14-32(15-5-1)43-28-29-44(55-54-43)35-24-26-37-38-27-25-36(49-52-47(33-16-6-2-7-17-33)51-48(53-49)34-18-8-3-9-19-34)31-42(38)50(41(37)30-35)39-20-10-12-22-45(39)56-46-23-13-11-21-40(46)50/h1-31H. The van der Waals surface area contributed by atoms with E-state index >= 15 is 0 Å². The number of hydrogen-bond acceptors (Lipinski definition) is 6. The van der Waals surface area contributed by atoms with Gasteiger partial charge < -0.3 is 4.74 Å². The summed E-state index contributed by atoms with van der Waals surface area (Å²) in [4.78, 5) is 15.2. The summed E-state index contributed by atoms with van der Waals surface area (Å²) < 4.78 is 6.65. The third-order valence-electron chi connectivity index (χ3n) is 10.9. The van der Waals surface area contributed by atoms with Gasteiger partial charge in [0, 0.05) is 38.9 Å². The largest absolute Gasteiger partial charge is 0.457 e. The monoisotopic (exact) mass is 717 g/mol. The Kier molecular flexibility index (Phi) is 7.29. The van der Waals surface area contributed by atoms with E-state index in [4.69, 9.17) is 24.8 Å². The molecule has 2 aliphatic rings. The lowest BCUT2D eigenvalue weighted by molar-refractivity contribution is 0.436. The van der Waals surface area contributed by atoms with E-state index in [1.807, 2.05) is 97.1 Å². The van der Waals surface area contributed by atoms with Gasteiger partial charge in [0.05, 0.1) is 16.8 Å². The highest BCUT2D eigenvalue weighted by Gasteiger charge is 2.51. The van der Waals surface area contributed by atoms with Gasteiger partial charge in [-0.2, -0.15) is 0 Å². The van der Waals surface area contributed by atoms with Crippen LogP contribution in [0.3, 0.4) is 0 Å². The zero-order chi connectivity index (χ0) is 37.1. The maximum Gasteiger partial charge on any atom is 0.164 e. The van der Waals surface area contributed by atoms with Crippen LogP contribution in [0.5, 0.6) is 11.5 Å². The third-order valence-corrected chi connectivity index (χ3v) is 10.9. The van der Waals surface area contributed by atoms with Crippen molar-refractivity contribution in [2.45, 2.75) is 5.41 Å². The Bertz CT molecular complexity index is 2830. The second-order valence-electron chi connectivity index (χ2n) is 14.1. The van der Waals surface area contributed by atoms with Crippen molar-refractivity contribution >= 4 is 0 Å². The van der Waals surface area contributed by atoms with Crippen LogP contribution >= 0.6 is 0 Å². The molecule has 0 unspecified atom stereocenters. The minimum Gasteiger partial charge on any atom is -0.457 e. The van der Waals surface area contributed by atoms with Crippen molar-refractivity contribution in [3.8, 4) is 79.3 Å². The fraction of sp³-hybridized carbons (Fsp3) is 0.0200. The first-order valence-corrected chi connectivity index (χ1v) is 18.7. The Hall–Kier alpha value is -7.57. The summed E-state index contributed by atoms with van der Waals surface area (Å²) >= 11 is 0. The van der Waals surface area contributed by atoms with E-state index in [9.17, 15) is 0 Å². The molecule has 262 valence electrons. The van der Waals surface area contributed by atoms with E-state index in [-0.39, 0.29) is 0 Å². The lowest BCUT2D eigenvalue weighted by atomic mass is 9.65. The molecule has 0 radical (unpaired) electrons. The van der Waals surface area contributed by atoms with Crippen molar-refractivity contribution in [3.05, 3.63) is 210 Å². The molecule has 0 fully saturated rings. The fourth-order valence-electron chi connectivity index (χ4n) is 8.38. The Morgan fingerprint density at radius 2 is 0.732 bits per heavy atom. The van der Waals surface area contributed by atoms with Gasteiger partial charge >= 0.3 is 0 Å². The molecule has 0 saturated heterocycles. The van der Waals surface area contributed by atoms with Gasteiger partial charge in [-0.25, -0.2) is 15.0 Å². The van der Waals surface area contributed by atoms with E-state index in [1.165, 1.54) is 0 Å². The molecule has 11 rings (SSSR count). The van der Waals surface area contributed by atoms with Crippen molar-refractivity contribution in [1.82, 2.24) is 25.1 Å². The summed E-state index contributed by atoms with van der Waals surface area (Å²) in [6, 6.07) is 64.6. The van der Waals surface area contributed by atoms with Crippen molar-refractivity contribution in [1.29, 1.82) is 0 Å². The number of rotatable bonds is 5. The Morgan fingerprint density at radius 1 is 0.321 bits per heavy atom. The van der Waals surface area contributed by atoms with Crippen LogP contribution in [0.1, 0.15) is 22.3 Å². The van der Waals surface area contributed by atoms with E-state index in [0.717, 1.165) is 84.1 Å². The molecule has 6 heteroatoms. The number of hydrogen-bond donors (Lipinski definition) is 0. The number of fused-ring (bicyclic) bond motifs is 9. The molecule has 1 aliphatic carbocycles. The van der Waals surface area contributed by atoms with E-state index in [1.54, 1.807) is 0 Å². The van der Waals surface area contributed by atoms with Crippen LogP contribution in [0.4, 0.5) is 0 Å². The quantitative estimate of drug-likeness (QED) is 0.176. The van der Waals surface area contributed by atoms with Crippen molar-refractivity contribution < 1.29 is 4.74 Å². The molecule has 6 nitrogen and oxygen atoms in total. The average molecular weight is 718 g/mol. The molecular weight excluding hydrogens is 687 g/mol. The molecule has 0 saturated carbocycles. The average Bonchev–Trinajstić information content (AvgIpc) is 3.56. The van der Waals surface area contributed by atoms with Crippen LogP contribution in [0.2, 0.25) is 0 Å². The highest BCUT2D eigenvalue weighted by Crippen LogP contribution is 2.62. The molecule has 2 aromatic heterocycles. The molecule has 9 aromatic rings. The topological polar surface area (TPSA) is 73.7 Å². The van der Waals surface area contributed by atoms with Gasteiger partial charge in [0.1, 0.15) is 11.5 Å². The predicted octanol–water partition coefficient (Wildman–Crippen LogP) is 11.5. The lowest BCUT2D eigenvalue weighted by Gasteiger charge is -2.39. The number of aromatic nitrogens is 5. The van der Waals surface area contributed by atoms with Crippen LogP contribution in [0.25, 0.3) is 67.8 Å². The van der Waals surface area contributed by atoms with Crippen LogP contribution in [0.15, 0.2) is 188 Å². The molecule has 7 aromatic carbocycles. The smallest absolute Gasteiger partial charge is 0.164 e. The summed E-state index contributed by atoms with van der Waals surface area (Å²) in [6.45, 7) is 0. The second kappa shape index (κ2) is 12.8. The molecule has 3 heterocycles. The summed E-state index contributed by atoms with van der Waals surface area (Å²) in [6.07, 6.45) is 0. The minimum absolute atomic E-state index is 0.606. The highest BCUT2D eigenvalue weighted by atomic mass is 16.5. The summed E-state index contributed by atoms with van der Waals surface area (Å²) in [5.74, 6) is 3.50. The van der Waals surface area contributed by atoms with Crippen LogP contribution < -0.4 is 4.74 Å². The van der Waals surface area contributed by atoms with Gasteiger partial charge in [-0.15, -0.1) is 10.2 Å². The normalized spacial score (nSPS) is 12.9. The van der Waals surface area contributed by atoms with Crippen LogP contribution in [-0.2, 0) is 5.41 Å². The molecule has 1 spiro atoms. The Balaban J connectivity index is 1.14. The SMILES string of the molecule is c1ccc(-c2ccc(-c3ccc4c(c3)C3(c5ccccc5Oc5ccccc53)c3cc(-c5nc(-c6ccccc6)nc(-c6ccccc6)n5)ccc3-4)nn2)cc1. The number of nitrogens with zero attached hydrogens (tertiary/aromatic N) is 5. The van der Waals surface area contributed by atoms with E-state index in [0.29, 0.717) is 17.5 Å². The van der Waals surface area contributed by atoms with Crippen molar-refractivity contribution in [2.24, 2.45) is 0 Å². The van der Waals surface area contributed by atoms with Crippen LogP contribution in [-0.4, -0.2) is 25.1 Å². The highest BCUT2D eigenvalue weighted by molar-refractivity contribution is 5.91. The van der Waals surface area contributed by atoms with Gasteiger partial charge in [0.2, 0.25) is 0 Å². The first-order chi connectivity index (χ1) is 27.7. The molecule has 0 atom stereocenters. The minimum atomic E-state index is -0.711. The predicted molar refractivity (Wildman–Crippen MR) is 220 cm³/mol. The fourth-order valence-corrected chi connectivity index (χ4v) is 8.38. The second-order valence-corrected chi connectivity index (χ2v) is 14.1. The third kappa shape index (κ3) is 5.00. The van der Waals surface area contributed by atoms with Gasteiger partial charge in [-0.05, 0) is 58.7 Å². The molecule has 56 heavy (non-hydrogen) atoms. The van der Waals surface area contributed by atoms with Gasteiger partial charge in [0.15, 0.2) is 17.5 Å². The molecule has 1 aliphatic heterocycles. The number of ether oxygens (including phenoxy) is 1. The van der Waals surface area contributed by atoms with Crippen LogP contribution in [0, 0.1) is 0 Å². The van der Waals surface area contributed by atoms with Gasteiger partial charge in [-0.3, -0.25) is 0 Å². The Morgan fingerprint density at radius 3 is 1.25 bits per heavy atom. The lowest BCUT2D eigenvalue weighted by Crippen LogP contribution is -2.32.